The van der Waals surface area contributed by atoms with Crippen LogP contribution in [-0.2, 0) is 16.0 Å². The number of benzene rings is 2. The quantitative estimate of drug-likeness (QED) is 0.408. The van der Waals surface area contributed by atoms with Gasteiger partial charge in [-0.25, -0.2) is 4.79 Å². The summed E-state index contributed by atoms with van der Waals surface area (Å²) in [4.78, 5) is 36.6. The van der Waals surface area contributed by atoms with Gasteiger partial charge in [0.2, 0.25) is 5.91 Å². The molecule has 3 aromatic rings. The SMILES string of the molecule is CCOC(=O)NC(CNC(=O)Cc1ccc(NC(=O)c2cc3ccccc3o2)cc1)CC(C)C. The number of alkyl carbamates (subject to hydrolysis) is 1. The van der Waals surface area contributed by atoms with Crippen LogP contribution in [0.3, 0.4) is 0 Å². The second kappa shape index (κ2) is 11.9. The van der Waals surface area contributed by atoms with Crippen molar-refractivity contribution >= 4 is 34.6 Å². The molecule has 1 unspecified atom stereocenters. The monoisotopic (exact) mass is 465 g/mol. The highest BCUT2D eigenvalue weighted by atomic mass is 16.5. The number of carbonyl (C=O) groups excluding carboxylic acids is 3. The van der Waals surface area contributed by atoms with Gasteiger partial charge in [-0.1, -0.05) is 44.2 Å². The van der Waals surface area contributed by atoms with Gasteiger partial charge in [0.15, 0.2) is 5.76 Å². The number of para-hydroxylation sites is 1. The maximum absolute atomic E-state index is 12.5. The molecule has 0 fully saturated rings. The summed E-state index contributed by atoms with van der Waals surface area (Å²) >= 11 is 0. The molecule has 34 heavy (non-hydrogen) atoms. The van der Waals surface area contributed by atoms with E-state index in [1.54, 1.807) is 37.3 Å². The third-order valence-corrected chi connectivity index (χ3v) is 5.12. The first-order chi connectivity index (χ1) is 16.3. The van der Waals surface area contributed by atoms with Crippen LogP contribution in [-0.4, -0.2) is 37.1 Å². The zero-order valence-corrected chi connectivity index (χ0v) is 19.7. The fourth-order valence-electron chi connectivity index (χ4n) is 3.58. The predicted octanol–water partition coefficient (Wildman–Crippen LogP) is 4.50. The maximum atomic E-state index is 12.5. The summed E-state index contributed by atoms with van der Waals surface area (Å²) < 4.78 is 10.5. The van der Waals surface area contributed by atoms with Gasteiger partial charge < -0.3 is 25.1 Å². The van der Waals surface area contributed by atoms with E-state index < -0.39 is 6.09 Å². The number of carbonyl (C=O) groups is 3. The summed E-state index contributed by atoms with van der Waals surface area (Å²) in [6.45, 7) is 6.46. The van der Waals surface area contributed by atoms with Crippen molar-refractivity contribution in [1.29, 1.82) is 0 Å². The molecule has 0 aliphatic rings. The Kier molecular flexibility index (Phi) is 8.67. The van der Waals surface area contributed by atoms with Gasteiger partial charge in [0.05, 0.1) is 13.0 Å². The number of nitrogens with one attached hydrogen (secondary N) is 3. The van der Waals surface area contributed by atoms with Crippen LogP contribution < -0.4 is 16.0 Å². The second-order valence-electron chi connectivity index (χ2n) is 8.47. The van der Waals surface area contributed by atoms with Crippen molar-refractivity contribution in [3.63, 3.8) is 0 Å². The van der Waals surface area contributed by atoms with Crippen LogP contribution in [0, 0.1) is 5.92 Å². The molecular weight excluding hydrogens is 434 g/mol. The van der Waals surface area contributed by atoms with Crippen LogP contribution >= 0.6 is 0 Å². The summed E-state index contributed by atoms with van der Waals surface area (Å²) in [5.41, 5.74) is 2.06. The minimum absolute atomic E-state index is 0.154. The van der Waals surface area contributed by atoms with Gasteiger partial charge >= 0.3 is 6.09 Å². The summed E-state index contributed by atoms with van der Waals surface area (Å²) in [7, 11) is 0. The molecule has 3 amide bonds. The van der Waals surface area contributed by atoms with Gasteiger partial charge in [0, 0.05) is 23.7 Å². The molecule has 0 saturated heterocycles. The third-order valence-electron chi connectivity index (χ3n) is 5.12. The predicted molar refractivity (Wildman–Crippen MR) is 131 cm³/mol. The Hall–Kier alpha value is -3.81. The number of amides is 3. The first-order valence-corrected chi connectivity index (χ1v) is 11.4. The lowest BCUT2D eigenvalue weighted by molar-refractivity contribution is -0.120. The number of hydrogen-bond acceptors (Lipinski definition) is 5. The largest absolute Gasteiger partial charge is 0.451 e. The molecule has 0 saturated carbocycles. The van der Waals surface area contributed by atoms with Crippen LogP contribution in [0.15, 0.2) is 59.0 Å². The standard InChI is InChI=1S/C26H31N3O5/c1-4-33-26(32)29-21(13-17(2)3)16-27-24(30)14-18-9-11-20(12-10-18)28-25(31)23-15-19-7-5-6-8-22(19)34-23/h5-12,15,17,21H,4,13-14,16H2,1-3H3,(H,27,30)(H,28,31)(H,29,32). The Bertz CT molecular complexity index is 1090. The molecule has 8 heteroatoms. The lowest BCUT2D eigenvalue weighted by atomic mass is 10.0. The summed E-state index contributed by atoms with van der Waals surface area (Å²) in [6, 6.07) is 16.0. The van der Waals surface area contributed by atoms with Crippen molar-refractivity contribution in [3.8, 4) is 0 Å². The zero-order chi connectivity index (χ0) is 24.5. The van der Waals surface area contributed by atoms with Gasteiger partial charge in [0.25, 0.3) is 5.91 Å². The third kappa shape index (κ3) is 7.37. The van der Waals surface area contributed by atoms with E-state index >= 15 is 0 Å². The van der Waals surface area contributed by atoms with E-state index in [4.69, 9.17) is 9.15 Å². The number of hydrogen-bond donors (Lipinski definition) is 3. The van der Waals surface area contributed by atoms with Crippen molar-refractivity contribution in [2.45, 2.75) is 39.7 Å². The van der Waals surface area contributed by atoms with Crippen LogP contribution in [0.1, 0.15) is 43.3 Å². The van der Waals surface area contributed by atoms with Crippen LogP contribution in [0.4, 0.5) is 10.5 Å². The smallest absolute Gasteiger partial charge is 0.407 e. The molecule has 0 bridgehead atoms. The van der Waals surface area contributed by atoms with Gasteiger partial charge in [-0.3, -0.25) is 9.59 Å². The second-order valence-corrected chi connectivity index (χ2v) is 8.47. The van der Waals surface area contributed by atoms with E-state index in [2.05, 4.69) is 29.8 Å². The average molecular weight is 466 g/mol. The molecular formula is C26H31N3O5. The molecule has 1 aromatic heterocycles. The van der Waals surface area contributed by atoms with Crippen molar-refractivity contribution in [2.75, 3.05) is 18.5 Å². The van der Waals surface area contributed by atoms with Gasteiger partial charge in [-0.05, 0) is 49.1 Å². The first kappa shape index (κ1) is 24.8. The Labute approximate surface area is 199 Å². The normalized spacial score (nSPS) is 11.8. The number of rotatable bonds is 10. The van der Waals surface area contributed by atoms with Crippen LogP contribution in [0.2, 0.25) is 0 Å². The van der Waals surface area contributed by atoms with Gasteiger partial charge in [-0.15, -0.1) is 0 Å². The van der Waals surface area contributed by atoms with Crippen molar-refractivity contribution in [3.05, 3.63) is 65.9 Å². The molecule has 8 nitrogen and oxygen atoms in total. The molecule has 1 atom stereocenters. The lowest BCUT2D eigenvalue weighted by Gasteiger charge is -2.20. The molecule has 1 heterocycles. The Morgan fingerprint density at radius 2 is 1.76 bits per heavy atom. The van der Waals surface area contributed by atoms with Gasteiger partial charge in [0.1, 0.15) is 5.58 Å². The van der Waals surface area contributed by atoms with E-state index in [9.17, 15) is 14.4 Å². The molecule has 0 aliphatic carbocycles. The lowest BCUT2D eigenvalue weighted by Crippen LogP contribution is -2.44. The first-order valence-electron chi connectivity index (χ1n) is 11.4. The highest BCUT2D eigenvalue weighted by molar-refractivity contribution is 6.04. The molecule has 3 N–H and O–H groups in total. The van der Waals surface area contributed by atoms with Crippen LogP contribution in [0.25, 0.3) is 11.0 Å². The molecule has 3 rings (SSSR count). The summed E-state index contributed by atoms with van der Waals surface area (Å²) in [5, 5.41) is 9.33. The van der Waals surface area contributed by atoms with Crippen molar-refractivity contribution < 1.29 is 23.5 Å². The number of anilines is 1. The Balaban J connectivity index is 1.50. The van der Waals surface area contributed by atoms with E-state index in [-0.39, 0.29) is 30.0 Å². The topological polar surface area (TPSA) is 110 Å². The number of fused-ring (bicyclic) bond motifs is 1. The van der Waals surface area contributed by atoms with E-state index in [1.807, 2.05) is 24.3 Å². The fraction of sp³-hybridized carbons (Fsp3) is 0.346. The van der Waals surface area contributed by atoms with Crippen LogP contribution in [0.5, 0.6) is 0 Å². The molecule has 0 spiro atoms. The Morgan fingerprint density at radius 3 is 2.44 bits per heavy atom. The highest BCUT2D eigenvalue weighted by Gasteiger charge is 2.16. The number of ether oxygens (including phenoxy) is 1. The summed E-state index contributed by atoms with van der Waals surface area (Å²) in [5.74, 6) is 0.0913. The number of furan rings is 1. The van der Waals surface area contributed by atoms with E-state index in [0.717, 1.165) is 17.4 Å². The van der Waals surface area contributed by atoms with Crippen molar-refractivity contribution in [1.82, 2.24) is 10.6 Å². The average Bonchev–Trinajstić information content (AvgIpc) is 3.23. The molecule has 180 valence electrons. The zero-order valence-electron chi connectivity index (χ0n) is 19.7. The maximum Gasteiger partial charge on any atom is 0.407 e. The highest BCUT2D eigenvalue weighted by Crippen LogP contribution is 2.20. The molecule has 2 aromatic carbocycles. The van der Waals surface area contributed by atoms with E-state index in [1.165, 1.54) is 0 Å². The van der Waals surface area contributed by atoms with Gasteiger partial charge in [-0.2, -0.15) is 0 Å². The molecule has 0 radical (unpaired) electrons. The minimum Gasteiger partial charge on any atom is -0.451 e. The minimum atomic E-state index is -0.484. The van der Waals surface area contributed by atoms with E-state index in [0.29, 0.717) is 30.3 Å². The fourth-order valence-corrected chi connectivity index (χ4v) is 3.58. The summed E-state index contributed by atoms with van der Waals surface area (Å²) in [6.07, 6.45) is 0.423. The van der Waals surface area contributed by atoms with Crippen molar-refractivity contribution in [2.24, 2.45) is 5.92 Å². The Morgan fingerprint density at radius 1 is 1.03 bits per heavy atom. The molecule has 0 aliphatic heterocycles.